The molecule has 1 fully saturated rings. The summed E-state index contributed by atoms with van der Waals surface area (Å²) in [6.07, 6.45) is 0.646. The molecule has 2 N–H and O–H groups in total. The topological polar surface area (TPSA) is 91.1 Å². The second-order valence-corrected chi connectivity index (χ2v) is 8.08. The van der Waals surface area contributed by atoms with E-state index in [0.717, 1.165) is 26.2 Å². The molecule has 1 unspecified atom stereocenters. The van der Waals surface area contributed by atoms with Gasteiger partial charge in [0.15, 0.2) is 5.69 Å². The first kappa shape index (κ1) is 23.8. The van der Waals surface area contributed by atoms with Gasteiger partial charge in [0.05, 0.1) is 6.54 Å². The van der Waals surface area contributed by atoms with Gasteiger partial charge in [-0.25, -0.2) is 13.8 Å². The molecule has 1 atom stereocenters. The number of oxazole rings is 1. The molecule has 0 aliphatic carbocycles. The number of hydrogen-bond acceptors (Lipinski definition) is 7. The summed E-state index contributed by atoms with van der Waals surface area (Å²) < 4.78 is 36.9. The number of aliphatic hydroxyl groups excluding tert-OH is 1. The zero-order valence-corrected chi connectivity index (χ0v) is 18.5. The van der Waals surface area contributed by atoms with E-state index in [1.54, 1.807) is 0 Å². The lowest BCUT2D eigenvalue weighted by Gasteiger charge is -2.34. The Balaban J connectivity index is 1.17. The number of halogens is 2. The van der Waals surface area contributed by atoms with E-state index in [0.29, 0.717) is 30.4 Å². The van der Waals surface area contributed by atoms with Crippen LogP contribution in [0.1, 0.15) is 16.4 Å². The number of benzene rings is 2. The van der Waals surface area contributed by atoms with Crippen molar-refractivity contribution in [3.63, 3.8) is 0 Å². The summed E-state index contributed by atoms with van der Waals surface area (Å²) in [7, 11) is 0. The van der Waals surface area contributed by atoms with Crippen molar-refractivity contribution in [1.29, 1.82) is 0 Å². The normalized spacial score (nSPS) is 15.7. The van der Waals surface area contributed by atoms with E-state index < -0.39 is 12.0 Å². The Bertz CT molecular complexity index is 1070. The zero-order valence-electron chi connectivity index (χ0n) is 18.5. The fourth-order valence-electron chi connectivity index (χ4n) is 3.61. The highest BCUT2D eigenvalue weighted by molar-refractivity contribution is 6.02. The van der Waals surface area contributed by atoms with Gasteiger partial charge in [-0.2, -0.15) is 0 Å². The Morgan fingerprint density at radius 1 is 1.03 bits per heavy atom. The van der Waals surface area contributed by atoms with Gasteiger partial charge in [0.25, 0.3) is 5.91 Å². The molecule has 1 amide bonds. The Morgan fingerprint density at radius 2 is 1.65 bits per heavy atom. The molecule has 8 nitrogen and oxygen atoms in total. The van der Waals surface area contributed by atoms with Crippen molar-refractivity contribution in [3.8, 4) is 5.75 Å². The number of piperazine rings is 1. The molecule has 180 valence electrons. The minimum Gasteiger partial charge on any atom is -0.491 e. The Hall–Kier alpha value is -3.34. The lowest BCUT2D eigenvalue weighted by Crippen LogP contribution is -2.48. The Labute approximate surface area is 195 Å². The zero-order chi connectivity index (χ0) is 23.9. The number of nitrogens with one attached hydrogen (secondary N) is 1. The molecular formula is C24H26F2N4O4. The summed E-state index contributed by atoms with van der Waals surface area (Å²) in [6, 6.07) is 11.2. The molecule has 0 radical (unpaired) electrons. The third-order valence-corrected chi connectivity index (χ3v) is 5.44. The van der Waals surface area contributed by atoms with Crippen molar-refractivity contribution in [2.75, 3.05) is 44.6 Å². The number of hydrogen-bond donors (Lipinski definition) is 2. The quantitative estimate of drug-likeness (QED) is 0.495. The van der Waals surface area contributed by atoms with E-state index in [2.05, 4.69) is 20.1 Å². The maximum atomic E-state index is 13.0. The van der Waals surface area contributed by atoms with Crippen LogP contribution in [0.5, 0.6) is 5.75 Å². The van der Waals surface area contributed by atoms with Crippen molar-refractivity contribution in [3.05, 3.63) is 78.0 Å². The monoisotopic (exact) mass is 472 g/mol. The van der Waals surface area contributed by atoms with Gasteiger partial charge in [-0.3, -0.25) is 14.6 Å². The summed E-state index contributed by atoms with van der Waals surface area (Å²) in [5.41, 5.74) is 0.625. The molecule has 34 heavy (non-hydrogen) atoms. The van der Waals surface area contributed by atoms with Crippen LogP contribution in [0.25, 0.3) is 0 Å². The summed E-state index contributed by atoms with van der Waals surface area (Å²) in [5.74, 6) is -0.190. The van der Waals surface area contributed by atoms with E-state index in [-0.39, 0.29) is 23.9 Å². The average Bonchev–Trinajstić information content (AvgIpc) is 3.30. The van der Waals surface area contributed by atoms with Crippen LogP contribution in [0.4, 0.5) is 14.5 Å². The van der Waals surface area contributed by atoms with Gasteiger partial charge in [-0.15, -0.1) is 0 Å². The van der Waals surface area contributed by atoms with Crippen LogP contribution >= 0.6 is 0 Å². The van der Waals surface area contributed by atoms with Crippen molar-refractivity contribution in [1.82, 2.24) is 14.8 Å². The van der Waals surface area contributed by atoms with Gasteiger partial charge in [0.1, 0.15) is 36.4 Å². The number of aromatic nitrogens is 1. The average molecular weight is 472 g/mol. The minimum absolute atomic E-state index is 0.130. The van der Waals surface area contributed by atoms with Crippen molar-refractivity contribution < 1.29 is 27.8 Å². The summed E-state index contributed by atoms with van der Waals surface area (Å²) in [6.45, 7) is 4.09. The lowest BCUT2D eigenvalue weighted by molar-refractivity contribution is 0.0430. The predicted octanol–water partition coefficient (Wildman–Crippen LogP) is 2.76. The number of carbonyl (C=O) groups excluding carboxylic acids is 1. The molecule has 0 spiro atoms. The number of β-amino-alcohol motifs (C(OH)–C–C–N with tert-alkyl or cyclic N) is 1. The van der Waals surface area contributed by atoms with Crippen molar-refractivity contribution >= 4 is 11.6 Å². The summed E-state index contributed by atoms with van der Waals surface area (Å²) in [4.78, 5) is 20.9. The predicted molar refractivity (Wildman–Crippen MR) is 120 cm³/mol. The fourth-order valence-corrected chi connectivity index (χ4v) is 3.61. The Morgan fingerprint density at radius 3 is 2.32 bits per heavy atom. The summed E-state index contributed by atoms with van der Waals surface area (Å²) in [5, 5.41) is 12.9. The molecule has 0 saturated carbocycles. The van der Waals surface area contributed by atoms with Crippen molar-refractivity contribution in [2.24, 2.45) is 0 Å². The highest BCUT2D eigenvalue weighted by Gasteiger charge is 2.21. The molecule has 1 aliphatic heterocycles. The van der Waals surface area contributed by atoms with Gasteiger partial charge in [0, 0.05) is 38.4 Å². The second-order valence-electron chi connectivity index (χ2n) is 8.08. The maximum Gasteiger partial charge on any atom is 0.277 e. The lowest BCUT2D eigenvalue weighted by atomic mass is 10.2. The van der Waals surface area contributed by atoms with Crippen LogP contribution in [0.3, 0.4) is 0 Å². The molecule has 3 aromatic rings. The van der Waals surface area contributed by atoms with Crippen LogP contribution < -0.4 is 10.1 Å². The molecule has 1 aromatic heterocycles. The first-order chi connectivity index (χ1) is 16.4. The third kappa shape index (κ3) is 6.83. The van der Waals surface area contributed by atoms with Crippen LogP contribution in [0, 0.1) is 11.6 Å². The van der Waals surface area contributed by atoms with E-state index in [4.69, 9.17) is 9.15 Å². The molecular weight excluding hydrogens is 446 g/mol. The molecule has 1 saturated heterocycles. The molecule has 2 heterocycles. The molecule has 2 aromatic carbocycles. The number of aliphatic hydroxyl groups is 1. The molecule has 1 aliphatic rings. The van der Waals surface area contributed by atoms with E-state index in [1.807, 2.05) is 0 Å². The van der Waals surface area contributed by atoms with Gasteiger partial charge < -0.3 is 19.6 Å². The number of rotatable bonds is 9. The van der Waals surface area contributed by atoms with E-state index >= 15 is 0 Å². The summed E-state index contributed by atoms with van der Waals surface area (Å²) >= 11 is 0. The van der Waals surface area contributed by atoms with Crippen LogP contribution in [-0.4, -0.2) is 71.2 Å². The van der Waals surface area contributed by atoms with Crippen LogP contribution in [0.15, 0.2) is 59.2 Å². The first-order valence-corrected chi connectivity index (χ1v) is 11.0. The van der Waals surface area contributed by atoms with E-state index in [9.17, 15) is 18.7 Å². The smallest absolute Gasteiger partial charge is 0.277 e. The molecule has 4 rings (SSSR count). The van der Waals surface area contributed by atoms with Crippen LogP contribution in [-0.2, 0) is 6.54 Å². The number of anilines is 1. The molecule has 0 bridgehead atoms. The van der Waals surface area contributed by atoms with Gasteiger partial charge >= 0.3 is 0 Å². The second kappa shape index (κ2) is 11.2. The van der Waals surface area contributed by atoms with Crippen LogP contribution in [0.2, 0.25) is 0 Å². The number of ether oxygens (including phenoxy) is 1. The van der Waals surface area contributed by atoms with Crippen molar-refractivity contribution in [2.45, 2.75) is 12.6 Å². The van der Waals surface area contributed by atoms with Gasteiger partial charge in [-0.05, 0) is 48.5 Å². The highest BCUT2D eigenvalue weighted by Crippen LogP contribution is 2.14. The highest BCUT2D eigenvalue weighted by atomic mass is 19.1. The van der Waals surface area contributed by atoms with Gasteiger partial charge in [0.2, 0.25) is 5.89 Å². The SMILES string of the molecule is O=C(Nc1ccc(F)cc1)c1coc(CN2CCN(CC(O)COc3ccc(F)cc3)CC2)n1. The van der Waals surface area contributed by atoms with Gasteiger partial charge in [-0.1, -0.05) is 0 Å². The number of amides is 1. The largest absolute Gasteiger partial charge is 0.491 e. The number of nitrogens with zero attached hydrogens (tertiary/aromatic N) is 3. The molecule has 10 heteroatoms. The first-order valence-electron chi connectivity index (χ1n) is 11.0. The number of carbonyl (C=O) groups is 1. The van der Waals surface area contributed by atoms with E-state index in [1.165, 1.54) is 54.8 Å². The maximum absolute atomic E-state index is 13.0. The third-order valence-electron chi connectivity index (χ3n) is 5.44. The Kier molecular flexibility index (Phi) is 7.84. The fraction of sp³-hybridized carbons (Fsp3) is 0.333. The standard InChI is InChI=1S/C24H26F2N4O4/c25-17-1-5-19(6-2-17)27-24(32)22-16-34-23(28-22)14-30-11-9-29(10-12-30)13-20(31)15-33-21-7-3-18(26)4-8-21/h1-8,16,20,31H,9-15H2,(H,27,32). The minimum atomic E-state index is -0.662.